The van der Waals surface area contributed by atoms with E-state index in [9.17, 15) is 8.42 Å². The molecule has 1 atom stereocenters. The lowest BCUT2D eigenvalue weighted by molar-refractivity contribution is 0.601. The zero-order valence-electron chi connectivity index (χ0n) is 14.7. The van der Waals surface area contributed by atoms with Gasteiger partial charge in [0.2, 0.25) is 0 Å². The fraction of sp³-hybridized carbons (Fsp3) is 0.400. The first-order chi connectivity index (χ1) is 11.5. The molecule has 0 fully saturated rings. The van der Waals surface area contributed by atoms with Crippen molar-refractivity contribution in [2.75, 3.05) is 4.72 Å². The summed E-state index contributed by atoms with van der Waals surface area (Å²) in [7, 11) is -3.54. The smallest absolute Gasteiger partial charge is 0.261 e. The van der Waals surface area contributed by atoms with E-state index >= 15 is 0 Å². The first-order valence-corrected chi connectivity index (χ1v) is 10.2. The van der Waals surface area contributed by atoms with Crippen molar-refractivity contribution in [1.82, 2.24) is 0 Å². The van der Waals surface area contributed by atoms with Gasteiger partial charge in [-0.05, 0) is 60.6 Å². The van der Waals surface area contributed by atoms with Gasteiger partial charge in [0.25, 0.3) is 10.0 Å². The molecule has 0 saturated heterocycles. The van der Waals surface area contributed by atoms with Crippen molar-refractivity contribution >= 4 is 15.7 Å². The second-order valence-electron chi connectivity index (χ2n) is 6.28. The lowest BCUT2D eigenvalue weighted by Crippen LogP contribution is -2.13. The fourth-order valence-electron chi connectivity index (χ4n) is 2.55. The standard InChI is InChI=1S/C20H27NO2S/c1-4-6-7-17-8-14-20(15-9-17)24(22,23)21-19-12-10-18(11-13-19)16(3)5-2/h8-16,21H,4-7H2,1-3H3. The molecule has 0 spiro atoms. The number of hydrogen-bond donors (Lipinski definition) is 1. The highest BCUT2D eigenvalue weighted by Gasteiger charge is 2.14. The molecule has 0 aromatic heterocycles. The zero-order valence-corrected chi connectivity index (χ0v) is 15.6. The van der Waals surface area contributed by atoms with E-state index in [2.05, 4.69) is 25.5 Å². The molecule has 2 aromatic carbocycles. The average Bonchev–Trinajstić information content (AvgIpc) is 2.60. The maximum atomic E-state index is 12.5. The maximum Gasteiger partial charge on any atom is 0.261 e. The molecule has 0 amide bonds. The summed E-state index contributed by atoms with van der Waals surface area (Å²) in [5, 5.41) is 0. The van der Waals surface area contributed by atoms with Crippen LogP contribution >= 0.6 is 0 Å². The van der Waals surface area contributed by atoms with Crippen LogP contribution in [-0.2, 0) is 16.4 Å². The molecule has 2 rings (SSSR count). The molecule has 0 aliphatic carbocycles. The highest BCUT2D eigenvalue weighted by atomic mass is 32.2. The summed E-state index contributed by atoms with van der Waals surface area (Å²) in [6.07, 6.45) is 4.30. The summed E-state index contributed by atoms with van der Waals surface area (Å²) in [6.45, 7) is 6.46. The largest absolute Gasteiger partial charge is 0.280 e. The summed E-state index contributed by atoms with van der Waals surface area (Å²) < 4.78 is 27.6. The topological polar surface area (TPSA) is 46.2 Å². The number of unbranched alkanes of at least 4 members (excludes halogenated alkanes) is 1. The van der Waals surface area contributed by atoms with Gasteiger partial charge in [0.05, 0.1) is 4.90 Å². The predicted molar refractivity (Wildman–Crippen MR) is 101 cm³/mol. The fourth-order valence-corrected chi connectivity index (χ4v) is 3.60. The molecule has 4 heteroatoms. The van der Waals surface area contributed by atoms with Crippen molar-refractivity contribution in [2.24, 2.45) is 0 Å². The third-order valence-corrected chi connectivity index (χ3v) is 5.79. The molecular weight excluding hydrogens is 318 g/mol. The third-order valence-electron chi connectivity index (χ3n) is 4.40. The number of nitrogens with one attached hydrogen (secondary N) is 1. The summed E-state index contributed by atoms with van der Waals surface area (Å²) >= 11 is 0. The van der Waals surface area contributed by atoms with Gasteiger partial charge in [0.15, 0.2) is 0 Å². The van der Waals surface area contributed by atoms with Gasteiger partial charge in [0, 0.05) is 5.69 Å². The van der Waals surface area contributed by atoms with E-state index in [0.717, 1.165) is 25.7 Å². The van der Waals surface area contributed by atoms with Gasteiger partial charge < -0.3 is 0 Å². The average molecular weight is 346 g/mol. The Morgan fingerprint density at radius 3 is 2.12 bits per heavy atom. The van der Waals surface area contributed by atoms with Crippen molar-refractivity contribution in [3.8, 4) is 0 Å². The van der Waals surface area contributed by atoms with Crippen LogP contribution in [0.3, 0.4) is 0 Å². The van der Waals surface area contributed by atoms with Crippen molar-refractivity contribution in [3.63, 3.8) is 0 Å². The van der Waals surface area contributed by atoms with Crippen molar-refractivity contribution in [1.29, 1.82) is 0 Å². The predicted octanol–water partition coefficient (Wildman–Crippen LogP) is 5.34. The Labute approximate surface area is 146 Å². The number of benzene rings is 2. The van der Waals surface area contributed by atoms with Gasteiger partial charge in [-0.3, -0.25) is 4.72 Å². The minimum Gasteiger partial charge on any atom is -0.280 e. The van der Waals surface area contributed by atoms with E-state index in [4.69, 9.17) is 0 Å². The quantitative estimate of drug-likeness (QED) is 0.701. The van der Waals surface area contributed by atoms with E-state index in [-0.39, 0.29) is 0 Å². The van der Waals surface area contributed by atoms with Crippen LogP contribution in [0.25, 0.3) is 0 Å². The lowest BCUT2D eigenvalue weighted by atomic mass is 9.99. The van der Waals surface area contributed by atoms with Crippen LogP contribution in [0.5, 0.6) is 0 Å². The molecule has 0 heterocycles. The Bertz CT molecular complexity index is 734. The van der Waals surface area contributed by atoms with Gasteiger partial charge in [0.1, 0.15) is 0 Å². The normalized spacial score (nSPS) is 12.8. The summed E-state index contributed by atoms with van der Waals surface area (Å²) in [4.78, 5) is 0.300. The monoisotopic (exact) mass is 345 g/mol. The van der Waals surface area contributed by atoms with Gasteiger partial charge in [-0.15, -0.1) is 0 Å². The van der Waals surface area contributed by atoms with Gasteiger partial charge in [-0.2, -0.15) is 0 Å². The third kappa shape index (κ3) is 4.84. The second kappa shape index (κ2) is 8.34. The molecule has 0 radical (unpaired) electrons. The van der Waals surface area contributed by atoms with E-state index in [1.165, 1.54) is 11.1 Å². The first kappa shape index (κ1) is 18.5. The van der Waals surface area contributed by atoms with E-state index < -0.39 is 10.0 Å². The van der Waals surface area contributed by atoms with Crippen molar-refractivity contribution in [2.45, 2.75) is 57.3 Å². The molecule has 0 saturated carbocycles. The van der Waals surface area contributed by atoms with Gasteiger partial charge in [-0.1, -0.05) is 51.5 Å². The molecule has 0 aliphatic rings. The minimum atomic E-state index is -3.54. The Morgan fingerprint density at radius 1 is 0.958 bits per heavy atom. The molecule has 24 heavy (non-hydrogen) atoms. The van der Waals surface area contributed by atoms with Crippen LogP contribution < -0.4 is 4.72 Å². The first-order valence-electron chi connectivity index (χ1n) is 8.68. The molecule has 0 aliphatic heterocycles. The lowest BCUT2D eigenvalue weighted by Gasteiger charge is -2.12. The number of anilines is 1. The number of sulfonamides is 1. The summed E-state index contributed by atoms with van der Waals surface area (Å²) in [6, 6.07) is 14.8. The van der Waals surface area contributed by atoms with Crippen LogP contribution in [0.4, 0.5) is 5.69 Å². The SMILES string of the molecule is CCCCc1ccc(S(=O)(=O)Nc2ccc(C(C)CC)cc2)cc1. The highest BCUT2D eigenvalue weighted by molar-refractivity contribution is 7.92. The Morgan fingerprint density at radius 2 is 1.58 bits per heavy atom. The van der Waals surface area contributed by atoms with E-state index in [0.29, 0.717) is 16.5 Å². The zero-order chi connectivity index (χ0) is 17.6. The minimum absolute atomic E-state index is 0.300. The molecule has 3 nitrogen and oxygen atoms in total. The van der Waals surface area contributed by atoms with Crippen LogP contribution in [0.15, 0.2) is 53.4 Å². The van der Waals surface area contributed by atoms with Gasteiger partial charge >= 0.3 is 0 Å². The molecule has 0 bridgehead atoms. The molecular formula is C20H27NO2S. The van der Waals surface area contributed by atoms with E-state index in [1.807, 2.05) is 36.4 Å². The molecule has 130 valence electrons. The maximum absolute atomic E-state index is 12.5. The Hall–Kier alpha value is -1.81. The number of rotatable bonds is 8. The number of hydrogen-bond acceptors (Lipinski definition) is 2. The molecule has 1 unspecified atom stereocenters. The summed E-state index contributed by atoms with van der Waals surface area (Å²) in [5.74, 6) is 0.478. The Kier molecular flexibility index (Phi) is 6.44. The number of aryl methyl sites for hydroxylation is 1. The summed E-state index contributed by atoms with van der Waals surface area (Å²) in [5.41, 5.74) is 2.99. The van der Waals surface area contributed by atoms with Crippen molar-refractivity contribution < 1.29 is 8.42 Å². The van der Waals surface area contributed by atoms with Crippen molar-refractivity contribution in [3.05, 3.63) is 59.7 Å². The van der Waals surface area contributed by atoms with E-state index in [1.54, 1.807) is 12.1 Å². The van der Waals surface area contributed by atoms with Gasteiger partial charge in [-0.25, -0.2) is 8.42 Å². The second-order valence-corrected chi connectivity index (χ2v) is 7.97. The molecule has 2 aromatic rings. The van der Waals surface area contributed by atoms with Crippen LogP contribution in [0.2, 0.25) is 0 Å². The molecule has 1 N–H and O–H groups in total. The Balaban J connectivity index is 2.10. The highest BCUT2D eigenvalue weighted by Crippen LogP contribution is 2.22. The van der Waals surface area contributed by atoms with Crippen LogP contribution in [0.1, 0.15) is 57.1 Å². The van der Waals surface area contributed by atoms with Crippen LogP contribution in [-0.4, -0.2) is 8.42 Å². The van der Waals surface area contributed by atoms with Crippen LogP contribution in [0, 0.1) is 0 Å².